The molecule has 0 saturated carbocycles. The van der Waals surface area contributed by atoms with Gasteiger partial charge in [-0.25, -0.2) is 9.97 Å². The summed E-state index contributed by atoms with van der Waals surface area (Å²) >= 11 is 5.96. The average molecular weight is 255 g/mol. The third-order valence-electron chi connectivity index (χ3n) is 3.17. The smallest absolute Gasteiger partial charge is 0.144 e. The Hall–Kier alpha value is -0.710. The molecule has 0 unspecified atom stereocenters. The van der Waals surface area contributed by atoms with Gasteiger partial charge >= 0.3 is 0 Å². The van der Waals surface area contributed by atoms with Gasteiger partial charge in [0.2, 0.25) is 0 Å². The van der Waals surface area contributed by atoms with Crippen molar-refractivity contribution in [3.8, 4) is 0 Å². The van der Waals surface area contributed by atoms with Crippen molar-refractivity contribution >= 4 is 11.6 Å². The van der Waals surface area contributed by atoms with Crippen molar-refractivity contribution in [3.05, 3.63) is 22.7 Å². The Balaban J connectivity index is 2.14. The van der Waals surface area contributed by atoms with E-state index in [0.717, 1.165) is 37.7 Å². The molecule has 1 aromatic rings. The van der Waals surface area contributed by atoms with E-state index in [0.29, 0.717) is 5.15 Å². The van der Waals surface area contributed by atoms with E-state index >= 15 is 0 Å². The highest BCUT2D eigenvalue weighted by Crippen LogP contribution is 2.18. The molecule has 0 spiro atoms. The van der Waals surface area contributed by atoms with Crippen LogP contribution in [0.25, 0.3) is 0 Å². The van der Waals surface area contributed by atoms with Crippen molar-refractivity contribution in [3.63, 3.8) is 0 Å². The van der Waals surface area contributed by atoms with E-state index in [9.17, 15) is 0 Å². The number of aryl methyl sites for hydroxylation is 1. The summed E-state index contributed by atoms with van der Waals surface area (Å²) in [7, 11) is 0. The van der Waals surface area contributed by atoms with Gasteiger partial charge in [-0.15, -0.1) is 0 Å². The lowest BCUT2D eigenvalue weighted by molar-refractivity contribution is 0.0799. The third kappa shape index (κ3) is 3.15. The number of nitrogens with zero attached hydrogens (tertiary/aromatic N) is 3. The highest BCUT2D eigenvalue weighted by molar-refractivity contribution is 6.29. The fourth-order valence-corrected chi connectivity index (χ4v) is 2.40. The van der Waals surface area contributed by atoms with Crippen molar-refractivity contribution in [1.29, 1.82) is 0 Å². The van der Waals surface area contributed by atoms with Crippen molar-refractivity contribution in [2.45, 2.75) is 32.9 Å². The molecule has 1 aromatic heterocycles. The van der Waals surface area contributed by atoms with Crippen LogP contribution in [0, 0.1) is 6.92 Å². The highest BCUT2D eigenvalue weighted by atomic mass is 35.5. The van der Waals surface area contributed by atoms with Crippen molar-refractivity contribution in [2.24, 2.45) is 0 Å². The molecule has 1 fully saturated rings. The SMILES string of the molecule is Cc1cc(Cl)nc(CN2CCNCC2(C)C)n1. The normalized spacial score (nSPS) is 20.5. The monoisotopic (exact) mass is 254 g/mol. The Labute approximate surface area is 107 Å². The molecule has 4 nitrogen and oxygen atoms in total. The molecule has 1 saturated heterocycles. The second kappa shape index (κ2) is 4.88. The minimum atomic E-state index is 0.137. The van der Waals surface area contributed by atoms with Gasteiger partial charge in [-0.2, -0.15) is 0 Å². The second-order valence-corrected chi connectivity index (χ2v) is 5.55. The Morgan fingerprint density at radius 1 is 1.47 bits per heavy atom. The first kappa shape index (κ1) is 12.7. The maximum absolute atomic E-state index is 5.96. The molecule has 1 N–H and O–H groups in total. The van der Waals surface area contributed by atoms with E-state index in [4.69, 9.17) is 11.6 Å². The van der Waals surface area contributed by atoms with Crippen LogP contribution in [-0.2, 0) is 6.54 Å². The van der Waals surface area contributed by atoms with E-state index in [1.807, 2.05) is 6.92 Å². The molecule has 0 bridgehead atoms. The summed E-state index contributed by atoms with van der Waals surface area (Å²) in [6.45, 7) is 10.2. The summed E-state index contributed by atoms with van der Waals surface area (Å²) in [6.07, 6.45) is 0. The lowest BCUT2D eigenvalue weighted by Gasteiger charge is -2.42. The van der Waals surface area contributed by atoms with Crippen molar-refractivity contribution in [1.82, 2.24) is 20.2 Å². The van der Waals surface area contributed by atoms with E-state index in [1.165, 1.54) is 0 Å². The molecule has 1 aliphatic heterocycles. The van der Waals surface area contributed by atoms with Gasteiger partial charge in [-0.05, 0) is 26.8 Å². The van der Waals surface area contributed by atoms with Crippen LogP contribution in [0.4, 0.5) is 0 Å². The summed E-state index contributed by atoms with van der Waals surface area (Å²) in [6, 6.07) is 1.79. The minimum Gasteiger partial charge on any atom is -0.314 e. The number of halogens is 1. The van der Waals surface area contributed by atoms with Crippen LogP contribution < -0.4 is 5.32 Å². The van der Waals surface area contributed by atoms with E-state index in [-0.39, 0.29) is 5.54 Å². The number of hydrogen-bond acceptors (Lipinski definition) is 4. The van der Waals surface area contributed by atoms with Gasteiger partial charge in [0, 0.05) is 30.9 Å². The topological polar surface area (TPSA) is 41.1 Å². The van der Waals surface area contributed by atoms with Gasteiger partial charge in [-0.1, -0.05) is 11.6 Å². The third-order valence-corrected chi connectivity index (χ3v) is 3.37. The summed E-state index contributed by atoms with van der Waals surface area (Å²) in [4.78, 5) is 11.1. The second-order valence-electron chi connectivity index (χ2n) is 5.16. The molecular weight excluding hydrogens is 236 g/mol. The first-order valence-electron chi connectivity index (χ1n) is 5.93. The predicted octanol–water partition coefficient (Wildman–Crippen LogP) is 1.62. The fourth-order valence-electron chi connectivity index (χ4n) is 2.15. The standard InChI is InChI=1S/C12H19ClN4/c1-9-6-10(13)16-11(15-9)7-17-5-4-14-8-12(17,2)3/h6,14H,4-5,7-8H2,1-3H3. The summed E-state index contributed by atoms with van der Waals surface area (Å²) in [5, 5.41) is 3.93. The van der Waals surface area contributed by atoms with Gasteiger partial charge in [0.25, 0.3) is 0 Å². The van der Waals surface area contributed by atoms with Crippen LogP contribution in [0.2, 0.25) is 5.15 Å². The zero-order valence-electron chi connectivity index (χ0n) is 10.6. The Morgan fingerprint density at radius 3 is 2.88 bits per heavy atom. The molecule has 2 heterocycles. The number of hydrogen-bond donors (Lipinski definition) is 1. The average Bonchev–Trinajstić information content (AvgIpc) is 2.19. The Bertz CT molecular complexity index is 385. The van der Waals surface area contributed by atoms with Crippen LogP contribution in [0.1, 0.15) is 25.4 Å². The molecule has 94 valence electrons. The zero-order valence-corrected chi connectivity index (χ0v) is 11.4. The van der Waals surface area contributed by atoms with E-state index < -0.39 is 0 Å². The molecule has 2 rings (SSSR count). The lowest BCUT2D eigenvalue weighted by atomic mass is 10.0. The summed E-state index contributed by atoms with van der Waals surface area (Å²) in [5.41, 5.74) is 1.06. The first-order valence-corrected chi connectivity index (χ1v) is 6.31. The largest absolute Gasteiger partial charge is 0.314 e. The molecular formula is C12H19ClN4. The van der Waals surface area contributed by atoms with Gasteiger partial charge in [0.15, 0.2) is 0 Å². The lowest BCUT2D eigenvalue weighted by Crippen LogP contribution is -2.57. The number of rotatable bonds is 2. The van der Waals surface area contributed by atoms with Crippen molar-refractivity contribution < 1.29 is 0 Å². The zero-order chi connectivity index (χ0) is 12.5. The first-order chi connectivity index (χ1) is 7.97. The Kier molecular flexibility index (Phi) is 3.66. The molecule has 0 aromatic carbocycles. The van der Waals surface area contributed by atoms with Crippen LogP contribution >= 0.6 is 11.6 Å². The number of piperazine rings is 1. The van der Waals surface area contributed by atoms with Gasteiger partial charge < -0.3 is 5.32 Å². The molecule has 0 radical (unpaired) electrons. The molecule has 17 heavy (non-hydrogen) atoms. The van der Waals surface area contributed by atoms with E-state index in [2.05, 4.69) is 34.0 Å². The van der Waals surface area contributed by atoms with Gasteiger partial charge in [0.05, 0.1) is 6.54 Å². The minimum absolute atomic E-state index is 0.137. The van der Waals surface area contributed by atoms with E-state index in [1.54, 1.807) is 6.07 Å². The van der Waals surface area contributed by atoms with Crippen molar-refractivity contribution in [2.75, 3.05) is 19.6 Å². The van der Waals surface area contributed by atoms with Crippen LogP contribution in [0.5, 0.6) is 0 Å². The predicted molar refractivity (Wildman–Crippen MR) is 69.1 cm³/mol. The molecule has 0 amide bonds. The summed E-state index contributed by atoms with van der Waals surface area (Å²) < 4.78 is 0. The van der Waals surface area contributed by atoms with Gasteiger partial charge in [0.1, 0.15) is 11.0 Å². The number of nitrogens with one attached hydrogen (secondary N) is 1. The molecule has 0 aliphatic carbocycles. The van der Waals surface area contributed by atoms with Gasteiger partial charge in [-0.3, -0.25) is 4.90 Å². The molecule has 1 aliphatic rings. The fraction of sp³-hybridized carbons (Fsp3) is 0.667. The number of aromatic nitrogens is 2. The molecule has 5 heteroatoms. The highest BCUT2D eigenvalue weighted by Gasteiger charge is 2.29. The Morgan fingerprint density at radius 2 is 2.24 bits per heavy atom. The van der Waals surface area contributed by atoms with Crippen LogP contribution in [0.3, 0.4) is 0 Å². The summed E-state index contributed by atoms with van der Waals surface area (Å²) in [5.74, 6) is 0.810. The quantitative estimate of drug-likeness (QED) is 0.815. The van der Waals surface area contributed by atoms with Crippen LogP contribution in [0.15, 0.2) is 6.07 Å². The van der Waals surface area contributed by atoms with Crippen LogP contribution in [-0.4, -0.2) is 40.0 Å². The molecule has 0 atom stereocenters. The maximum Gasteiger partial charge on any atom is 0.144 e. The maximum atomic E-state index is 5.96.